The van der Waals surface area contributed by atoms with Crippen LogP contribution in [-0.2, 0) is 0 Å². The van der Waals surface area contributed by atoms with Gasteiger partial charge in [0.15, 0.2) is 0 Å². The predicted octanol–water partition coefficient (Wildman–Crippen LogP) is 4.07. The average molecular weight is 262 g/mol. The Labute approximate surface area is 112 Å². The third-order valence-electron chi connectivity index (χ3n) is 2.69. The number of hydrogen-bond donors (Lipinski definition) is 0. The van der Waals surface area contributed by atoms with Crippen LogP contribution in [0.15, 0.2) is 42.6 Å². The summed E-state index contributed by atoms with van der Waals surface area (Å²) in [6.07, 6.45) is 3.94. The van der Waals surface area contributed by atoms with Gasteiger partial charge in [-0.2, -0.15) is 0 Å². The SMILES string of the molecule is CCCCN(c1ccccc1)c1ccnc(Cl)n1. The minimum atomic E-state index is 0.282. The standard InChI is InChI=1S/C14H16ClN3/c1-2-3-11-18(12-7-5-4-6-8-12)13-9-10-16-14(15)17-13/h4-10H,2-3,11H2,1H3. The van der Waals surface area contributed by atoms with Gasteiger partial charge in [-0.1, -0.05) is 31.5 Å². The monoisotopic (exact) mass is 261 g/mol. The molecular formula is C14H16ClN3. The molecular weight excluding hydrogens is 246 g/mol. The Morgan fingerprint density at radius 1 is 1.17 bits per heavy atom. The first kappa shape index (κ1) is 12.8. The van der Waals surface area contributed by atoms with Crippen molar-refractivity contribution in [2.24, 2.45) is 0 Å². The molecule has 18 heavy (non-hydrogen) atoms. The molecule has 0 radical (unpaired) electrons. The molecule has 0 unspecified atom stereocenters. The van der Waals surface area contributed by atoms with Crippen molar-refractivity contribution in [3.8, 4) is 0 Å². The molecule has 1 aromatic carbocycles. The first-order chi connectivity index (χ1) is 8.81. The van der Waals surface area contributed by atoms with Gasteiger partial charge in [-0.15, -0.1) is 0 Å². The van der Waals surface area contributed by atoms with Crippen LogP contribution < -0.4 is 4.90 Å². The van der Waals surface area contributed by atoms with E-state index >= 15 is 0 Å². The van der Waals surface area contributed by atoms with Crippen molar-refractivity contribution in [1.82, 2.24) is 9.97 Å². The summed E-state index contributed by atoms with van der Waals surface area (Å²) in [6, 6.07) is 12.1. The molecule has 3 nitrogen and oxygen atoms in total. The Morgan fingerprint density at radius 3 is 2.61 bits per heavy atom. The largest absolute Gasteiger partial charge is 0.326 e. The van der Waals surface area contributed by atoms with E-state index in [1.54, 1.807) is 6.20 Å². The number of benzene rings is 1. The lowest BCUT2D eigenvalue weighted by Gasteiger charge is -2.23. The third kappa shape index (κ3) is 3.20. The highest BCUT2D eigenvalue weighted by Crippen LogP contribution is 2.24. The highest BCUT2D eigenvalue weighted by molar-refractivity contribution is 6.28. The summed E-state index contributed by atoms with van der Waals surface area (Å²) < 4.78 is 0. The topological polar surface area (TPSA) is 29.0 Å². The second-order valence-electron chi connectivity index (χ2n) is 4.02. The molecule has 0 saturated heterocycles. The highest BCUT2D eigenvalue weighted by atomic mass is 35.5. The van der Waals surface area contributed by atoms with Gasteiger partial charge in [0.1, 0.15) is 5.82 Å². The van der Waals surface area contributed by atoms with Crippen molar-refractivity contribution in [2.75, 3.05) is 11.4 Å². The number of aromatic nitrogens is 2. The van der Waals surface area contributed by atoms with Crippen LogP contribution in [0, 0.1) is 0 Å². The molecule has 2 aromatic rings. The Morgan fingerprint density at radius 2 is 1.94 bits per heavy atom. The van der Waals surface area contributed by atoms with E-state index < -0.39 is 0 Å². The number of nitrogens with zero attached hydrogens (tertiary/aromatic N) is 3. The van der Waals surface area contributed by atoms with Crippen LogP contribution in [0.25, 0.3) is 0 Å². The minimum absolute atomic E-state index is 0.282. The average Bonchev–Trinajstić information content (AvgIpc) is 2.40. The third-order valence-corrected chi connectivity index (χ3v) is 2.87. The van der Waals surface area contributed by atoms with Gasteiger partial charge in [0.05, 0.1) is 0 Å². The fourth-order valence-corrected chi connectivity index (χ4v) is 1.92. The number of rotatable bonds is 5. The Bertz CT molecular complexity index is 487. The van der Waals surface area contributed by atoms with Crippen LogP contribution in [0.2, 0.25) is 5.28 Å². The van der Waals surface area contributed by atoms with Crippen LogP contribution in [0.5, 0.6) is 0 Å². The van der Waals surface area contributed by atoms with Crippen LogP contribution >= 0.6 is 11.6 Å². The zero-order valence-electron chi connectivity index (χ0n) is 10.4. The molecule has 0 bridgehead atoms. The second kappa shape index (κ2) is 6.36. The lowest BCUT2D eigenvalue weighted by atomic mass is 10.2. The molecule has 0 aliphatic heterocycles. The van der Waals surface area contributed by atoms with Crippen LogP contribution in [-0.4, -0.2) is 16.5 Å². The smallest absolute Gasteiger partial charge is 0.224 e. The molecule has 4 heteroatoms. The van der Waals surface area contributed by atoms with E-state index in [2.05, 4.69) is 33.9 Å². The minimum Gasteiger partial charge on any atom is -0.326 e. The molecule has 0 amide bonds. The number of unbranched alkanes of at least 4 members (excludes halogenated alkanes) is 1. The van der Waals surface area contributed by atoms with Gasteiger partial charge < -0.3 is 4.90 Å². The van der Waals surface area contributed by atoms with Crippen molar-refractivity contribution in [2.45, 2.75) is 19.8 Å². The zero-order chi connectivity index (χ0) is 12.8. The lowest BCUT2D eigenvalue weighted by Crippen LogP contribution is -2.19. The summed E-state index contributed by atoms with van der Waals surface area (Å²) in [6.45, 7) is 3.10. The van der Waals surface area contributed by atoms with Crippen molar-refractivity contribution in [3.63, 3.8) is 0 Å². The molecule has 0 aliphatic rings. The quantitative estimate of drug-likeness (QED) is 0.760. The number of halogens is 1. The van der Waals surface area contributed by atoms with Crippen LogP contribution in [0.1, 0.15) is 19.8 Å². The normalized spacial score (nSPS) is 10.3. The Balaban J connectivity index is 2.31. The maximum atomic E-state index is 5.86. The van der Waals surface area contributed by atoms with Crippen LogP contribution in [0.4, 0.5) is 11.5 Å². The highest BCUT2D eigenvalue weighted by Gasteiger charge is 2.10. The lowest BCUT2D eigenvalue weighted by molar-refractivity contribution is 0.778. The molecule has 0 spiro atoms. The summed E-state index contributed by atoms with van der Waals surface area (Å²) in [5.74, 6) is 0.842. The van der Waals surface area contributed by atoms with Gasteiger partial charge in [-0.05, 0) is 36.2 Å². The Hall–Kier alpha value is -1.61. The number of hydrogen-bond acceptors (Lipinski definition) is 3. The van der Waals surface area contributed by atoms with E-state index in [1.807, 2.05) is 24.3 Å². The first-order valence-electron chi connectivity index (χ1n) is 6.12. The maximum Gasteiger partial charge on any atom is 0.224 e. The van der Waals surface area contributed by atoms with Crippen molar-refractivity contribution in [3.05, 3.63) is 47.9 Å². The molecule has 1 heterocycles. The fourth-order valence-electron chi connectivity index (χ4n) is 1.78. The summed E-state index contributed by atoms with van der Waals surface area (Å²) >= 11 is 5.86. The molecule has 1 aromatic heterocycles. The molecule has 0 saturated carbocycles. The number of anilines is 2. The summed E-state index contributed by atoms with van der Waals surface area (Å²) in [7, 11) is 0. The van der Waals surface area contributed by atoms with E-state index in [-0.39, 0.29) is 5.28 Å². The number of para-hydroxylation sites is 1. The van der Waals surface area contributed by atoms with Crippen molar-refractivity contribution in [1.29, 1.82) is 0 Å². The van der Waals surface area contributed by atoms with E-state index in [1.165, 1.54) is 0 Å². The predicted molar refractivity (Wildman–Crippen MR) is 75.4 cm³/mol. The van der Waals surface area contributed by atoms with Crippen LogP contribution in [0.3, 0.4) is 0 Å². The molecule has 2 rings (SSSR count). The first-order valence-corrected chi connectivity index (χ1v) is 6.50. The summed E-state index contributed by atoms with van der Waals surface area (Å²) in [5.41, 5.74) is 1.13. The molecule has 0 fully saturated rings. The van der Waals surface area contributed by atoms with E-state index in [0.717, 1.165) is 30.9 Å². The summed E-state index contributed by atoms with van der Waals surface area (Å²) in [5, 5.41) is 0.282. The molecule has 0 N–H and O–H groups in total. The fraction of sp³-hybridized carbons (Fsp3) is 0.286. The van der Waals surface area contributed by atoms with Gasteiger partial charge >= 0.3 is 0 Å². The van der Waals surface area contributed by atoms with Gasteiger partial charge in [-0.3, -0.25) is 0 Å². The molecule has 0 aliphatic carbocycles. The molecule has 0 atom stereocenters. The molecule has 94 valence electrons. The Kier molecular flexibility index (Phi) is 4.53. The van der Waals surface area contributed by atoms with E-state index in [9.17, 15) is 0 Å². The van der Waals surface area contributed by atoms with E-state index in [0.29, 0.717) is 0 Å². The second-order valence-corrected chi connectivity index (χ2v) is 4.36. The zero-order valence-corrected chi connectivity index (χ0v) is 11.1. The van der Waals surface area contributed by atoms with Crippen molar-refractivity contribution < 1.29 is 0 Å². The van der Waals surface area contributed by atoms with Crippen molar-refractivity contribution >= 4 is 23.1 Å². The maximum absolute atomic E-state index is 5.86. The van der Waals surface area contributed by atoms with Gasteiger partial charge in [0.25, 0.3) is 0 Å². The van der Waals surface area contributed by atoms with E-state index in [4.69, 9.17) is 11.6 Å². The van der Waals surface area contributed by atoms with Gasteiger partial charge in [0.2, 0.25) is 5.28 Å². The summed E-state index contributed by atoms with van der Waals surface area (Å²) in [4.78, 5) is 10.4. The van der Waals surface area contributed by atoms with Gasteiger partial charge in [-0.25, -0.2) is 9.97 Å². The van der Waals surface area contributed by atoms with Gasteiger partial charge in [0, 0.05) is 18.4 Å².